The molecule has 3 aliphatic rings. The molecule has 3 amide bonds. The molecule has 6 nitrogen and oxygen atoms in total. The van der Waals surface area contributed by atoms with E-state index >= 15 is 0 Å². The Balaban J connectivity index is 0.00000176. The number of fused-ring (bicyclic) bond motifs is 1. The molecule has 3 fully saturated rings. The molecule has 0 radical (unpaired) electrons. The number of nitrogens with zero attached hydrogens (tertiary/aromatic N) is 1. The van der Waals surface area contributed by atoms with Crippen molar-refractivity contribution in [3.63, 3.8) is 0 Å². The zero-order valence-electron chi connectivity index (χ0n) is 13.0. The van der Waals surface area contributed by atoms with E-state index in [2.05, 4.69) is 16.0 Å². The second kappa shape index (κ2) is 8.02. The van der Waals surface area contributed by atoms with Crippen LogP contribution >= 0.6 is 12.4 Å². The fraction of sp³-hybridized carbons (Fsp3) is 0.867. The summed E-state index contributed by atoms with van der Waals surface area (Å²) >= 11 is 0. The van der Waals surface area contributed by atoms with Crippen LogP contribution in [0.3, 0.4) is 0 Å². The highest BCUT2D eigenvalue weighted by Crippen LogP contribution is 2.26. The normalized spacial score (nSPS) is 27.9. The van der Waals surface area contributed by atoms with Crippen LogP contribution in [0.5, 0.6) is 0 Å². The summed E-state index contributed by atoms with van der Waals surface area (Å²) < 4.78 is 0. The number of carbonyl (C=O) groups excluding carboxylic acids is 2. The van der Waals surface area contributed by atoms with Crippen molar-refractivity contribution in [2.45, 2.75) is 38.1 Å². The summed E-state index contributed by atoms with van der Waals surface area (Å²) in [5.41, 5.74) is 0. The maximum atomic E-state index is 12.1. The van der Waals surface area contributed by atoms with Crippen LogP contribution in [0.2, 0.25) is 0 Å². The molecular weight excluding hydrogens is 304 g/mol. The molecular formula is C15H27ClN4O2. The van der Waals surface area contributed by atoms with Gasteiger partial charge in [0, 0.05) is 32.2 Å². The molecule has 0 unspecified atom stereocenters. The maximum absolute atomic E-state index is 12.1. The Morgan fingerprint density at radius 2 is 1.68 bits per heavy atom. The van der Waals surface area contributed by atoms with E-state index in [0.29, 0.717) is 11.8 Å². The average molecular weight is 331 g/mol. The van der Waals surface area contributed by atoms with Crippen LogP contribution in [0.1, 0.15) is 32.1 Å². The first-order chi connectivity index (χ1) is 10.2. The van der Waals surface area contributed by atoms with E-state index in [4.69, 9.17) is 0 Å². The third-order valence-corrected chi connectivity index (χ3v) is 5.08. The number of carbonyl (C=O) groups is 2. The summed E-state index contributed by atoms with van der Waals surface area (Å²) in [6, 6.07) is 0.0855. The third-order valence-electron chi connectivity index (χ3n) is 5.08. The highest BCUT2D eigenvalue weighted by Gasteiger charge is 2.37. The van der Waals surface area contributed by atoms with Crippen molar-refractivity contribution >= 4 is 24.3 Å². The number of likely N-dealkylation sites (tertiary alicyclic amines) is 1. The van der Waals surface area contributed by atoms with Crippen molar-refractivity contribution in [2.75, 3.05) is 32.7 Å². The summed E-state index contributed by atoms with van der Waals surface area (Å²) in [5.74, 6) is 1.25. The summed E-state index contributed by atoms with van der Waals surface area (Å²) in [6.45, 7) is 3.82. The van der Waals surface area contributed by atoms with E-state index in [9.17, 15) is 9.59 Å². The van der Waals surface area contributed by atoms with Gasteiger partial charge in [-0.05, 0) is 24.7 Å². The van der Waals surface area contributed by atoms with Gasteiger partial charge in [-0.25, -0.2) is 4.79 Å². The second-order valence-corrected chi connectivity index (χ2v) is 6.64. The van der Waals surface area contributed by atoms with Crippen molar-refractivity contribution in [1.82, 2.24) is 20.9 Å². The average Bonchev–Trinajstić information content (AvgIpc) is 3.07. The molecule has 3 rings (SSSR count). The van der Waals surface area contributed by atoms with E-state index in [1.807, 2.05) is 4.90 Å². The topological polar surface area (TPSA) is 73.5 Å². The third kappa shape index (κ3) is 4.26. The molecule has 1 aliphatic carbocycles. The van der Waals surface area contributed by atoms with Crippen molar-refractivity contribution in [2.24, 2.45) is 11.8 Å². The lowest BCUT2D eigenvalue weighted by molar-refractivity contribution is -0.129. The molecule has 1 saturated carbocycles. The van der Waals surface area contributed by atoms with Crippen LogP contribution in [0.4, 0.5) is 4.79 Å². The number of urea groups is 1. The summed E-state index contributed by atoms with van der Waals surface area (Å²) in [7, 11) is 0. The van der Waals surface area contributed by atoms with Gasteiger partial charge in [0.25, 0.3) is 0 Å². The molecule has 22 heavy (non-hydrogen) atoms. The zero-order chi connectivity index (χ0) is 14.7. The second-order valence-electron chi connectivity index (χ2n) is 6.64. The van der Waals surface area contributed by atoms with Gasteiger partial charge < -0.3 is 20.9 Å². The molecule has 0 spiro atoms. The van der Waals surface area contributed by atoms with Crippen LogP contribution in [-0.4, -0.2) is 55.6 Å². The molecule has 0 aromatic carbocycles. The summed E-state index contributed by atoms with van der Waals surface area (Å²) in [5, 5.41) is 9.05. The quantitative estimate of drug-likeness (QED) is 0.714. The standard InChI is InChI=1S/C15H26N4O2.ClH/c20-14(19-9-11-6-16-7-12(11)10-19)8-17-15(21)18-13-4-2-1-3-5-13;/h11-13,16H,1-10H2,(H2,17,18,21);1H/t11-,12+;. The van der Waals surface area contributed by atoms with Gasteiger partial charge in [0.1, 0.15) is 0 Å². The Hall–Kier alpha value is -1.01. The molecule has 126 valence electrons. The van der Waals surface area contributed by atoms with Crippen LogP contribution in [0.25, 0.3) is 0 Å². The Bertz CT molecular complexity index is 389. The minimum absolute atomic E-state index is 0. The number of hydrogen-bond acceptors (Lipinski definition) is 3. The fourth-order valence-corrected chi connectivity index (χ4v) is 3.81. The van der Waals surface area contributed by atoms with Crippen LogP contribution < -0.4 is 16.0 Å². The number of nitrogens with one attached hydrogen (secondary N) is 3. The SMILES string of the molecule is Cl.O=C(NCC(=O)N1C[C@H]2CNC[C@H]2C1)NC1CCCCC1. The molecule has 0 bridgehead atoms. The van der Waals surface area contributed by atoms with E-state index in [1.165, 1.54) is 19.3 Å². The van der Waals surface area contributed by atoms with E-state index in [0.717, 1.165) is 39.0 Å². The first-order valence-corrected chi connectivity index (χ1v) is 8.25. The van der Waals surface area contributed by atoms with Gasteiger partial charge in [0.05, 0.1) is 6.54 Å². The van der Waals surface area contributed by atoms with Gasteiger partial charge in [0.15, 0.2) is 0 Å². The lowest BCUT2D eigenvalue weighted by atomic mass is 9.96. The molecule has 0 aromatic rings. The van der Waals surface area contributed by atoms with Crippen molar-refractivity contribution < 1.29 is 9.59 Å². The predicted molar refractivity (Wildman–Crippen MR) is 87.1 cm³/mol. The van der Waals surface area contributed by atoms with Crippen molar-refractivity contribution in [3.8, 4) is 0 Å². The van der Waals surface area contributed by atoms with Gasteiger partial charge in [0.2, 0.25) is 5.91 Å². The molecule has 7 heteroatoms. The molecule has 2 atom stereocenters. The van der Waals surface area contributed by atoms with E-state index in [1.54, 1.807) is 0 Å². The van der Waals surface area contributed by atoms with Crippen LogP contribution in [0, 0.1) is 11.8 Å². The molecule has 3 N–H and O–H groups in total. The molecule has 2 aliphatic heterocycles. The number of amides is 3. The lowest BCUT2D eigenvalue weighted by Gasteiger charge is -2.23. The van der Waals surface area contributed by atoms with Crippen molar-refractivity contribution in [3.05, 3.63) is 0 Å². The Kier molecular flexibility index (Phi) is 6.32. The lowest BCUT2D eigenvalue weighted by Crippen LogP contribution is -2.47. The maximum Gasteiger partial charge on any atom is 0.315 e. The first kappa shape index (κ1) is 17.3. The first-order valence-electron chi connectivity index (χ1n) is 8.25. The fourth-order valence-electron chi connectivity index (χ4n) is 3.81. The van der Waals surface area contributed by atoms with Crippen molar-refractivity contribution in [1.29, 1.82) is 0 Å². The van der Waals surface area contributed by atoms with Gasteiger partial charge in [-0.3, -0.25) is 4.79 Å². The minimum Gasteiger partial charge on any atom is -0.340 e. The monoisotopic (exact) mass is 330 g/mol. The van der Waals surface area contributed by atoms with Gasteiger partial charge in [-0.15, -0.1) is 12.4 Å². The van der Waals surface area contributed by atoms with E-state index < -0.39 is 0 Å². The highest BCUT2D eigenvalue weighted by molar-refractivity contribution is 5.85. The summed E-state index contributed by atoms with van der Waals surface area (Å²) in [6.07, 6.45) is 5.76. The number of rotatable bonds is 3. The number of halogens is 1. The summed E-state index contributed by atoms with van der Waals surface area (Å²) in [4.78, 5) is 25.9. The zero-order valence-corrected chi connectivity index (χ0v) is 13.8. The number of hydrogen-bond donors (Lipinski definition) is 3. The Labute approximate surface area is 138 Å². The Morgan fingerprint density at radius 1 is 1.05 bits per heavy atom. The molecule has 0 aromatic heterocycles. The molecule has 2 saturated heterocycles. The largest absolute Gasteiger partial charge is 0.340 e. The highest BCUT2D eigenvalue weighted by atomic mass is 35.5. The van der Waals surface area contributed by atoms with Gasteiger partial charge >= 0.3 is 6.03 Å². The van der Waals surface area contributed by atoms with Gasteiger partial charge in [-0.1, -0.05) is 19.3 Å². The van der Waals surface area contributed by atoms with Crippen LogP contribution in [-0.2, 0) is 4.79 Å². The smallest absolute Gasteiger partial charge is 0.315 e. The minimum atomic E-state index is -0.198. The van der Waals surface area contributed by atoms with E-state index in [-0.39, 0.29) is 36.9 Å². The Morgan fingerprint density at radius 3 is 2.32 bits per heavy atom. The van der Waals surface area contributed by atoms with Crippen LogP contribution in [0.15, 0.2) is 0 Å². The predicted octanol–water partition coefficient (Wildman–Crippen LogP) is 0.718. The van der Waals surface area contributed by atoms with Gasteiger partial charge in [-0.2, -0.15) is 0 Å². The molecule has 2 heterocycles.